The van der Waals surface area contributed by atoms with Gasteiger partial charge in [0, 0.05) is 6.92 Å². The van der Waals surface area contributed by atoms with Gasteiger partial charge in [-0.2, -0.15) is 0 Å². The van der Waals surface area contributed by atoms with Crippen molar-refractivity contribution in [1.82, 2.24) is 0 Å². The molecule has 0 unspecified atom stereocenters. The molecule has 31 valence electrons. The third-order valence-corrected chi connectivity index (χ3v) is 0.352. The van der Waals surface area contributed by atoms with Crippen LogP contribution in [0.15, 0.2) is 12.2 Å². The van der Waals surface area contributed by atoms with Crippen molar-refractivity contribution >= 4 is 0 Å². The van der Waals surface area contributed by atoms with E-state index >= 15 is 0 Å². The molecule has 0 heterocycles. The van der Waals surface area contributed by atoms with Gasteiger partial charge in [0.25, 0.3) is 0 Å². The van der Waals surface area contributed by atoms with Crippen molar-refractivity contribution < 1.29 is 0 Å². The summed E-state index contributed by atoms with van der Waals surface area (Å²) in [6, 6.07) is 0. The van der Waals surface area contributed by atoms with Crippen molar-refractivity contribution in [1.29, 1.82) is 0 Å². The van der Waals surface area contributed by atoms with Crippen LogP contribution in [-0.4, -0.2) is 0 Å². The fourth-order valence-electron chi connectivity index (χ4n) is 0.142. The Balaban J connectivity index is 3.24. The van der Waals surface area contributed by atoms with Crippen molar-refractivity contribution in [2.75, 3.05) is 0 Å². The van der Waals surface area contributed by atoms with Crippen LogP contribution in [0.2, 0.25) is 0 Å². The molecule has 0 aliphatic rings. The zero-order valence-electron chi connectivity index (χ0n) is 3.86. The molecule has 0 amide bonds. The van der Waals surface area contributed by atoms with E-state index in [1.165, 1.54) is 0 Å². The molecule has 0 aromatic heterocycles. The second kappa shape index (κ2) is 4.30. The third kappa shape index (κ3) is 3.30. The summed E-state index contributed by atoms with van der Waals surface area (Å²) in [4.78, 5) is 0. The van der Waals surface area contributed by atoms with E-state index in [-0.39, 0.29) is 0 Å². The highest BCUT2D eigenvalue weighted by molar-refractivity contribution is 5.15. The lowest BCUT2D eigenvalue weighted by atomic mass is 10.5. The highest BCUT2D eigenvalue weighted by Crippen LogP contribution is 1.61. The zero-order valence-corrected chi connectivity index (χ0v) is 3.86. The van der Waals surface area contributed by atoms with Gasteiger partial charge in [0.2, 0.25) is 0 Å². The molecule has 1 radical (unpaired) electrons. The predicted molar refractivity (Wildman–Crippen MR) is 27.9 cm³/mol. The van der Waals surface area contributed by atoms with Gasteiger partial charge in [-0.15, -0.1) is 0 Å². The Morgan fingerprint density at radius 1 is 1.67 bits per heavy atom. The molecule has 0 aliphatic heterocycles. The summed E-state index contributed by atoms with van der Waals surface area (Å²) < 4.78 is 0. The molecule has 0 nitrogen and oxygen atoms in total. The Morgan fingerprint density at radius 3 is 2.50 bits per heavy atom. The normalized spacial score (nSPS) is 7.67. The quantitative estimate of drug-likeness (QED) is 0.385. The number of allylic oxidation sites excluding steroid dienone is 2. The summed E-state index contributed by atoms with van der Waals surface area (Å²) in [6.07, 6.45) is 3.63. The minimum Gasteiger partial charge on any atom is -0.0975 e. The number of rotatable bonds is 0. The van der Waals surface area contributed by atoms with Crippen LogP contribution in [0.3, 0.4) is 0 Å². The lowest BCUT2D eigenvalue weighted by Crippen LogP contribution is -1.41. The third-order valence-electron chi connectivity index (χ3n) is 0.352. The molecule has 0 fully saturated rings. The summed E-state index contributed by atoms with van der Waals surface area (Å²) in [7, 11) is 0. The van der Waals surface area contributed by atoms with Gasteiger partial charge in [-0.25, -0.2) is 0 Å². The molecule has 0 heteroatoms. The molecule has 0 atom stereocenters. The standard InChI is InChI=1S/C6H7/c1-3-5-6-4-2/h4,6H,1H2,2H3/b6-4+. The molecular formula is C6H7. The predicted octanol–water partition coefficient (Wildman–Crippen LogP) is 1.40. The van der Waals surface area contributed by atoms with Crippen LogP contribution < -0.4 is 0 Å². The molecule has 0 aliphatic carbocycles. The van der Waals surface area contributed by atoms with E-state index in [0.717, 1.165) is 0 Å². The van der Waals surface area contributed by atoms with Gasteiger partial charge < -0.3 is 0 Å². The largest absolute Gasteiger partial charge is 0.0975 e. The molecule has 0 saturated carbocycles. The van der Waals surface area contributed by atoms with Crippen LogP contribution >= 0.6 is 0 Å². The van der Waals surface area contributed by atoms with Crippen molar-refractivity contribution in [2.24, 2.45) is 0 Å². The second-order valence-electron chi connectivity index (χ2n) is 0.821. The summed E-state index contributed by atoms with van der Waals surface area (Å²) in [6.45, 7) is 5.23. The van der Waals surface area contributed by atoms with Gasteiger partial charge >= 0.3 is 0 Å². The van der Waals surface area contributed by atoms with Gasteiger partial charge in [0.1, 0.15) is 0 Å². The highest BCUT2D eigenvalue weighted by atomic mass is 13.5. The smallest absolute Gasteiger partial charge is 0.0202 e. The Bertz CT molecular complexity index is 88.3. The second-order valence-corrected chi connectivity index (χ2v) is 0.821. The van der Waals surface area contributed by atoms with E-state index in [1.807, 2.05) is 13.0 Å². The van der Waals surface area contributed by atoms with E-state index in [9.17, 15) is 0 Å². The van der Waals surface area contributed by atoms with Crippen LogP contribution in [0.1, 0.15) is 6.92 Å². The van der Waals surface area contributed by atoms with Crippen molar-refractivity contribution in [2.45, 2.75) is 6.92 Å². The maximum absolute atomic E-state index is 3.31. The lowest BCUT2D eigenvalue weighted by molar-refractivity contribution is 1.76. The molecule has 0 N–H and O–H groups in total. The van der Waals surface area contributed by atoms with Crippen LogP contribution in [0.25, 0.3) is 0 Å². The topological polar surface area (TPSA) is 0 Å². The Labute approximate surface area is 38.9 Å². The van der Waals surface area contributed by atoms with E-state index in [4.69, 9.17) is 0 Å². The van der Waals surface area contributed by atoms with Gasteiger partial charge in [0.15, 0.2) is 0 Å². The maximum atomic E-state index is 3.31. The fraction of sp³-hybridized carbons (Fsp3) is 0.167. The Morgan fingerprint density at radius 2 is 2.33 bits per heavy atom. The van der Waals surface area contributed by atoms with Gasteiger partial charge in [0.05, 0.1) is 0 Å². The Hall–Kier alpha value is -0.700. The summed E-state index contributed by atoms with van der Waals surface area (Å²) in [5.74, 6) is 5.14. The monoisotopic (exact) mass is 79.1 g/mol. The van der Waals surface area contributed by atoms with Crippen molar-refractivity contribution in [3.8, 4) is 11.8 Å². The summed E-state index contributed by atoms with van der Waals surface area (Å²) in [5, 5.41) is 0. The minimum atomic E-state index is 1.76. The van der Waals surface area contributed by atoms with E-state index in [2.05, 4.69) is 18.8 Å². The molecular weight excluding hydrogens is 72.1 g/mol. The lowest BCUT2D eigenvalue weighted by Gasteiger charge is -1.56. The molecule has 6 heavy (non-hydrogen) atoms. The first-order valence-electron chi connectivity index (χ1n) is 1.80. The first-order valence-corrected chi connectivity index (χ1v) is 1.80. The average Bonchev–Trinajstić information content (AvgIpc) is 1.61. The summed E-state index contributed by atoms with van der Waals surface area (Å²) in [5.41, 5.74) is 0. The number of hydrogen-bond acceptors (Lipinski definition) is 0. The van der Waals surface area contributed by atoms with Gasteiger partial charge in [-0.05, 0) is 13.0 Å². The SMILES string of the molecule is [CH2]C#C/C=C/C. The molecule has 0 bridgehead atoms. The Kier molecular flexibility index (Phi) is 3.80. The number of hydrogen-bond donors (Lipinski definition) is 0. The first kappa shape index (κ1) is 5.30. The van der Waals surface area contributed by atoms with E-state index in [1.54, 1.807) is 6.08 Å². The van der Waals surface area contributed by atoms with E-state index < -0.39 is 0 Å². The van der Waals surface area contributed by atoms with Crippen LogP contribution in [0, 0.1) is 18.8 Å². The molecule has 0 saturated heterocycles. The molecule has 0 aromatic carbocycles. The first-order chi connectivity index (χ1) is 2.91. The van der Waals surface area contributed by atoms with Gasteiger partial charge in [-0.1, -0.05) is 17.9 Å². The molecule has 0 aromatic rings. The molecule has 0 rings (SSSR count). The van der Waals surface area contributed by atoms with Crippen LogP contribution in [0.5, 0.6) is 0 Å². The van der Waals surface area contributed by atoms with Crippen molar-refractivity contribution in [3.63, 3.8) is 0 Å². The molecule has 0 spiro atoms. The van der Waals surface area contributed by atoms with Crippen molar-refractivity contribution in [3.05, 3.63) is 19.1 Å². The zero-order chi connectivity index (χ0) is 4.83. The maximum Gasteiger partial charge on any atom is 0.0202 e. The van der Waals surface area contributed by atoms with Gasteiger partial charge in [-0.3, -0.25) is 0 Å². The minimum absolute atomic E-state index is 1.76. The average molecular weight is 79.1 g/mol. The summed E-state index contributed by atoms with van der Waals surface area (Å²) >= 11 is 0. The van der Waals surface area contributed by atoms with Crippen LogP contribution in [0.4, 0.5) is 0 Å². The highest BCUT2D eigenvalue weighted by Gasteiger charge is 1.45. The fourth-order valence-corrected chi connectivity index (χ4v) is 0.142. The van der Waals surface area contributed by atoms with Crippen LogP contribution in [-0.2, 0) is 0 Å². The van der Waals surface area contributed by atoms with E-state index in [0.29, 0.717) is 0 Å².